The Morgan fingerprint density at radius 2 is 2.04 bits per heavy atom. The molecule has 1 fully saturated rings. The lowest BCUT2D eigenvalue weighted by Gasteiger charge is -2.33. The normalized spacial score (nSPS) is 17.8. The van der Waals surface area contributed by atoms with Crippen molar-refractivity contribution < 1.29 is 0 Å². The lowest BCUT2D eigenvalue weighted by molar-refractivity contribution is 0.489. The second-order valence-corrected chi connectivity index (χ2v) is 6.72. The van der Waals surface area contributed by atoms with Crippen LogP contribution in [0.15, 0.2) is 41.6 Å². The number of rotatable bonds is 4. The third-order valence-corrected chi connectivity index (χ3v) is 4.92. The largest absolute Gasteiger partial charge is 0.341 e. The summed E-state index contributed by atoms with van der Waals surface area (Å²) >= 11 is 0. The van der Waals surface area contributed by atoms with E-state index < -0.39 is 0 Å². The van der Waals surface area contributed by atoms with Crippen molar-refractivity contribution in [2.75, 3.05) is 18.0 Å². The van der Waals surface area contributed by atoms with E-state index in [0.29, 0.717) is 31.2 Å². The molecule has 1 aromatic carbocycles. The molecule has 0 bridgehead atoms. The maximum atomic E-state index is 13.1. The van der Waals surface area contributed by atoms with Gasteiger partial charge in [-0.25, -0.2) is 14.2 Å². The van der Waals surface area contributed by atoms with Crippen LogP contribution in [0.5, 0.6) is 0 Å². The molecule has 0 aliphatic carbocycles. The number of nitrogens with two attached hydrogens (primary N) is 2. The lowest BCUT2D eigenvalue weighted by atomic mass is 10.1. The van der Waals surface area contributed by atoms with Crippen LogP contribution >= 0.6 is 0 Å². The number of anilines is 1. The van der Waals surface area contributed by atoms with E-state index in [1.54, 1.807) is 10.8 Å². The maximum Gasteiger partial charge on any atom is 0.338 e. The van der Waals surface area contributed by atoms with Gasteiger partial charge in [0.2, 0.25) is 5.95 Å². The van der Waals surface area contributed by atoms with Crippen LogP contribution < -0.4 is 22.1 Å². The quantitative estimate of drug-likeness (QED) is 0.700. The summed E-state index contributed by atoms with van der Waals surface area (Å²) in [6, 6.07) is 7.99. The van der Waals surface area contributed by atoms with Gasteiger partial charge >= 0.3 is 5.69 Å². The van der Waals surface area contributed by atoms with E-state index in [9.17, 15) is 4.79 Å². The van der Waals surface area contributed by atoms with E-state index in [2.05, 4.69) is 9.88 Å². The van der Waals surface area contributed by atoms with Gasteiger partial charge in [0.25, 0.3) is 0 Å². The molecule has 0 spiro atoms. The minimum Gasteiger partial charge on any atom is -0.341 e. The van der Waals surface area contributed by atoms with E-state index in [-0.39, 0.29) is 11.7 Å². The first-order valence-electron chi connectivity index (χ1n) is 8.87. The van der Waals surface area contributed by atoms with E-state index in [1.165, 1.54) is 10.7 Å². The van der Waals surface area contributed by atoms with Crippen molar-refractivity contribution in [2.24, 2.45) is 11.5 Å². The summed E-state index contributed by atoms with van der Waals surface area (Å²) in [7, 11) is 0. The summed E-state index contributed by atoms with van der Waals surface area (Å²) in [5.74, 6) is 0.643. The molecule has 1 unspecified atom stereocenters. The summed E-state index contributed by atoms with van der Waals surface area (Å²) in [4.78, 5) is 24.0. The Bertz CT molecular complexity index is 977. The predicted molar refractivity (Wildman–Crippen MR) is 100 cm³/mol. The van der Waals surface area contributed by atoms with Gasteiger partial charge in [0, 0.05) is 25.7 Å². The molecule has 4 rings (SSSR count). The smallest absolute Gasteiger partial charge is 0.338 e. The van der Waals surface area contributed by atoms with Crippen molar-refractivity contribution in [1.29, 1.82) is 0 Å². The molecule has 136 valence electrons. The van der Waals surface area contributed by atoms with Gasteiger partial charge in [-0.1, -0.05) is 24.3 Å². The fourth-order valence-corrected chi connectivity index (χ4v) is 3.55. The molecule has 3 heterocycles. The van der Waals surface area contributed by atoms with Crippen molar-refractivity contribution in [3.8, 4) is 0 Å². The zero-order chi connectivity index (χ0) is 18.1. The highest BCUT2D eigenvalue weighted by Crippen LogP contribution is 2.19. The van der Waals surface area contributed by atoms with Gasteiger partial charge in [-0.05, 0) is 24.0 Å². The monoisotopic (exact) mass is 353 g/mol. The van der Waals surface area contributed by atoms with Crippen LogP contribution in [0.3, 0.4) is 0 Å². The number of hydrogen-bond donors (Lipinski definition) is 2. The number of hydrogen-bond acceptors (Lipinski definition) is 6. The van der Waals surface area contributed by atoms with Crippen LogP contribution in [-0.2, 0) is 13.1 Å². The summed E-state index contributed by atoms with van der Waals surface area (Å²) in [5.41, 5.74) is 14.4. The van der Waals surface area contributed by atoms with E-state index in [1.807, 2.05) is 24.3 Å². The molecule has 4 N–H and O–H groups in total. The Morgan fingerprint density at radius 3 is 2.81 bits per heavy atom. The van der Waals surface area contributed by atoms with Crippen LogP contribution in [0.2, 0.25) is 0 Å². The Labute approximate surface area is 151 Å². The fraction of sp³-hybridized carbons (Fsp3) is 0.389. The summed E-state index contributed by atoms with van der Waals surface area (Å²) < 4.78 is 3.17. The lowest BCUT2D eigenvalue weighted by Crippen LogP contribution is -2.46. The first-order chi connectivity index (χ1) is 12.7. The van der Waals surface area contributed by atoms with Gasteiger partial charge in [0.05, 0.1) is 12.7 Å². The number of piperidine rings is 1. The van der Waals surface area contributed by atoms with Gasteiger partial charge in [-0.3, -0.25) is 4.57 Å². The highest BCUT2D eigenvalue weighted by molar-refractivity contribution is 5.44. The molecule has 0 amide bonds. The second-order valence-electron chi connectivity index (χ2n) is 6.72. The van der Waals surface area contributed by atoms with Gasteiger partial charge in [0.1, 0.15) is 6.33 Å². The van der Waals surface area contributed by atoms with Crippen molar-refractivity contribution in [3.63, 3.8) is 0 Å². The molecule has 0 saturated carbocycles. The third-order valence-electron chi connectivity index (χ3n) is 4.92. The molecule has 1 aliphatic rings. The zero-order valence-electron chi connectivity index (χ0n) is 14.6. The minimum atomic E-state index is -0.159. The summed E-state index contributed by atoms with van der Waals surface area (Å²) in [6.45, 7) is 2.36. The number of fused-ring (bicyclic) bond motifs is 1. The molecule has 1 saturated heterocycles. The first kappa shape index (κ1) is 16.7. The number of aromatic nitrogens is 4. The molecular weight excluding hydrogens is 330 g/mol. The standard InChI is InChI=1S/C18H23N7O/c19-8-13-4-1-2-5-14(13)10-24-17(23-7-3-6-15(20)11-23)22-16-9-21-12-25(16)18(24)26/h1-2,4-5,9,12,15H,3,6-8,10-11,19-20H2. The van der Waals surface area contributed by atoms with E-state index in [4.69, 9.17) is 16.5 Å². The zero-order valence-corrected chi connectivity index (χ0v) is 14.6. The van der Waals surface area contributed by atoms with Crippen LogP contribution in [0.4, 0.5) is 5.95 Å². The van der Waals surface area contributed by atoms with Crippen molar-refractivity contribution in [1.82, 2.24) is 18.9 Å². The topological polar surface area (TPSA) is 107 Å². The van der Waals surface area contributed by atoms with Gasteiger partial charge < -0.3 is 16.4 Å². The maximum absolute atomic E-state index is 13.1. The van der Waals surface area contributed by atoms with Crippen LogP contribution in [0, 0.1) is 0 Å². The van der Waals surface area contributed by atoms with Crippen molar-refractivity contribution in [2.45, 2.75) is 32.0 Å². The molecular formula is C18H23N7O. The SMILES string of the molecule is NCc1ccccc1Cn1c(N2CCCC(N)C2)nc2cncn2c1=O. The highest BCUT2D eigenvalue weighted by atomic mass is 16.1. The van der Waals surface area contributed by atoms with E-state index in [0.717, 1.165) is 30.5 Å². The van der Waals surface area contributed by atoms with Crippen LogP contribution in [-0.4, -0.2) is 38.1 Å². The van der Waals surface area contributed by atoms with Crippen LogP contribution in [0.1, 0.15) is 24.0 Å². The summed E-state index contributed by atoms with van der Waals surface area (Å²) in [5, 5.41) is 0. The van der Waals surface area contributed by atoms with Gasteiger partial charge in [-0.2, -0.15) is 4.98 Å². The number of nitrogens with zero attached hydrogens (tertiary/aromatic N) is 5. The van der Waals surface area contributed by atoms with Crippen molar-refractivity contribution >= 4 is 11.6 Å². The average molecular weight is 353 g/mol. The van der Waals surface area contributed by atoms with Gasteiger partial charge in [-0.15, -0.1) is 0 Å². The van der Waals surface area contributed by atoms with Crippen LogP contribution in [0.25, 0.3) is 5.65 Å². The Hall–Kier alpha value is -2.71. The molecule has 1 aliphatic heterocycles. The third kappa shape index (κ3) is 2.97. The summed E-state index contributed by atoms with van der Waals surface area (Å²) in [6.07, 6.45) is 5.08. The number of benzene rings is 1. The molecule has 3 aromatic rings. The van der Waals surface area contributed by atoms with Crippen molar-refractivity contribution in [3.05, 3.63) is 58.4 Å². The fourth-order valence-electron chi connectivity index (χ4n) is 3.55. The Balaban J connectivity index is 1.84. The minimum absolute atomic E-state index is 0.0894. The predicted octanol–water partition coefficient (Wildman–Crippen LogP) is 0.326. The highest BCUT2D eigenvalue weighted by Gasteiger charge is 2.23. The molecule has 8 nitrogen and oxygen atoms in total. The number of imidazole rings is 1. The Kier molecular flexibility index (Phi) is 4.44. The van der Waals surface area contributed by atoms with Gasteiger partial charge in [0.15, 0.2) is 5.65 Å². The second kappa shape index (κ2) is 6.89. The molecule has 1 atom stereocenters. The molecule has 8 heteroatoms. The van der Waals surface area contributed by atoms with E-state index >= 15 is 0 Å². The molecule has 0 radical (unpaired) electrons. The Morgan fingerprint density at radius 1 is 1.23 bits per heavy atom. The molecule has 2 aromatic heterocycles. The molecule has 26 heavy (non-hydrogen) atoms. The first-order valence-corrected chi connectivity index (χ1v) is 8.87. The average Bonchev–Trinajstić information content (AvgIpc) is 3.13.